The van der Waals surface area contributed by atoms with Crippen LogP contribution in [0.15, 0.2) is 24.3 Å². The van der Waals surface area contributed by atoms with Crippen LogP contribution >= 0.6 is 12.4 Å². The van der Waals surface area contributed by atoms with Crippen LogP contribution in [0.5, 0.6) is 5.75 Å². The van der Waals surface area contributed by atoms with Crippen molar-refractivity contribution in [1.82, 2.24) is 0 Å². The summed E-state index contributed by atoms with van der Waals surface area (Å²) in [5.74, 6) is 0.546. The summed E-state index contributed by atoms with van der Waals surface area (Å²) in [5.41, 5.74) is 6.53. The van der Waals surface area contributed by atoms with Crippen LogP contribution in [0, 0.1) is 5.92 Å². The number of primary amides is 1. The average Bonchev–Trinajstić information content (AvgIpc) is 2.34. The molecular formula is C14H22ClNO2. The first-order valence-corrected chi connectivity index (χ1v) is 6.09. The molecule has 1 atom stereocenters. The number of nitrogens with two attached hydrogens (primary N) is 1. The number of carbonyl (C=O) groups is 1. The van der Waals surface area contributed by atoms with Gasteiger partial charge < -0.3 is 10.5 Å². The summed E-state index contributed by atoms with van der Waals surface area (Å²) in [6, 6.07) is 7.80. The Bertz CT molecular complexity index is 369. The van der Waals surface area contributed by atoms with Gasteiger partial charge in [0.1, 0.15) is 5.75 Å². The summed E-state index contributed by atoms with van der Waals surface area (Å²) >= 11 is 0. The first kappa shape index (κ1) is 16.8. The van der Waals surface area contributed by atoms with E-state index in [0.717, 1.165) is 30.6 Å². The Balaban J connectivity index is 0.00000289. The molecule has 1 rings (SSSR count). The maximum Gasteiger partial charge on any atom is 0.220 e. The van der Waals surface area contributed by atoms with Crippen LogP contribution in [-0.2, 0) is 11.2 Å². The van der Waals surface area contributed by atoms with Gasteiger partial charge in [-0.25, -0.2) is 0 Å². The molecule has 0 saturated heterocycles. The van der Waals surface area contributed by atoms with E-state index in [2.05, 4.69) is 6.92 Å². The summed E-state index contributed by atoms with van der Waals surface area (Å²) in [6.45, 7) is 2.11. The van der Waals surface area contributed by atoms with Crippen LogP contribution in [0.25, 0.3) is 0 Å². The van der Waals surface area contributed by atoms with E-state index in [1.54, 1.807) is 7.11 Å². The van der Waals surface area contributed by atoms with Crippen LogP contribution in [0.4, 0.5) is 0 Å². The molecule has 102 valence electrons. The fourth-order valence-corrected chi connectivity index (χ4v) is 1.88. The highest BCUT2D eigenvalue weighted by Gasteiger charge is 2.15. The van der Waals surface area contributed by atoms with Crippen molar-refractivity contribution in [3.8, 4) is 5.75 Å². The van der Waals surface area contributed by atoms with Gasteiger partial charge in [0.05, 0.1) is 7.11 Å². The van der Waals surface area contributed by atoms with Gasteiger partial charge in [-0.3, -0.25) is 4.79 Å². The van der Waals surface area contributed by atoms with E-state index >= 15 is 0 Å². The Morgan fingerprint density at radius 2 is 2.17 bits per heavy atom. The molecule has 18 heavy (non-hydrogen) atoms. The van der Waals surface area contributed by atoms with Crippen LogP contribution in [0.3, 0.4) is 0 Å². The monoisotopic (exact) mass is 271 g/mol. The number of carbonyl (C=O) groups excluding carboxylic acids is 1. The SMILES string of the molecule is CCCCC(Cc1cccc(OC)c1)C(N)=O.Cl. The molecule has 1 aromatic carbocycles. The van der Waals surface area contributed by atoms with Gasteiger partial charge in [-0.15, -0.1) is 12.4 Å². The van der Waals surface area contributed by atoms with Gasteiger partial charge in [0.2, 0.25) is 5.91 Å². The zero-order valence-corrected chi connectivity index (χ0v) is 11.8. The maximum atomic E-state index is 11.4. The molecule has 0 fully saturated rings. The van der Waals surface area contributed by atoms with Crippen molar-refractivity contribution in [2.45, 2.75) is 32.6 Å². The molecule has 3 nitrogen and oxygen atoms in total. The number of hydrogen-bond acceptors (Lipinski definition) is 2. The van der Waals surface area contributed by atoms with Crippen molar-refractivity contribution >= 4 is 18.3 Å². The van der Waals surface area contributed by atoms with Crippen molar-refractivity contribution in [3.05, 3.63) is 29.8 Å². The lowest BCUT2D eigenvalue weighted by atomic mass is 9.93. The van der Waals surface area contributed by atoms with Gasteiger partial charge >= 0.3 is 0 Å². The number of unbranched alkanes of at least 4 members (excludes halogenated alkanes) is 1. The second kappa shape index (κ2) is 8.81. The first-order valence-electron chi connectivity index (χ1n) is 6.09. The summed E-state index contributed by atoms with van der Waals surface area (Å²) in [7, 11) is 1.64. The molecule has 4 heteroatoms. The molecule has 0 bridgehead atoms. The molecule has 1 amide bonds. The predicted octanol–water partition coefficient (Wildman–Crippen LogP) is 2.95. The van der Waals surface area contributed by atoms with E-state index in [-0.39, 0.29) is 24.2 Å². The summed E-state index contributed by atoms with van der Waals surface area (Å²) in [5, 5.41) is 0. The van der Waals surface area contributed by atoms with Gasteiger partial charge in [0, 0.05) is 5.92 Å². The minimum absolute atomic E-state index is 0. The second-order valence-corrected chi connectivity index (χ2v) is 4.30. The predicted molar refractivity (Wildman–Crippen MR) is 76.2 cm³/mol. The molecule has 0 saturated carbocycles. The van der Waals surface area contributed by atoms with Gasteiger partial charge in [-0.2, -0.15) is 0 Å². The maximum absolute atomic E-state index is 11.4. The molecule has 0 spiro atoms. The summed E-state index contributed by atoms with van der Waals surface area (Å²) in [6.07, 6.45) is 3.69. The summed E-state index contributed by atoms with van der Waals surface area (Å²) < 4.78 is 5.16. The molecule has 0 aliphatic heterocycles. The Labute approximate surface area is 115 Å². The number of halogens is 1. The number of hydrogen-bond donors (Lipinski definition) is 1. The fourth-order valence-electron chi connectivity index (χ4n) is 1.88. The van der Waals surface area contributed by atoms with E-state index < -0.39 is 0 Å². The van der Waals surface area contributed by atoms with Crippen LogP contribution < -0.4 is 10.5 Å². The topological polar surface area (TPSA) is 52.3 Å². The highest BCUT2D eigenvalue weighted by atomic mass is 35.5. The Kier molecular flexibility index (Phi) is 8.21. The van der Waals surface area contributed by atoms with Crippen molar-refractivity contribution in [1.29, 1.82) is 0 Å². The van der Waals surface area contributed by atoms with Gasteiger partial charge in [0.15, 0.2) is 0 Å². The van der Waals surface area contributed by atoms with E-state index in [1.807, 2.05) is 24.3 Å². The minimum atomic E-state index is -0.207. The lowest BCUT2D eigenvalue weighted by Crippen LogP contribution is -2.25. The number of ether oxygens (including phenoxy) is 1. The minimum Gasteiger partial charge on any atom is -0.497 e. The van der Waals surface area contributed by atoms with E-state index in [4.69, 9.17) is 10.5 Å². The molecule has 0 aromatic heterocycles. The molecule has 0 radical (unpaired) electrons. The van der Waals surface area contributed by atoms with E-state index in [9.17, 15) is 4.79 Å². The number of rotatable bonds is 7. The van der Waals surface area contributed by atoms with Crippen LogP contribution in [0.1, 0.15) is 31.7 Å². The quantitative estimate of drug-likeness (QED) is 0.829. The standard InChI is InChI=1S/C14H21NO2.ClH/c1-3-4-7-12(14(15)16)9-11-6-5-8-13(10-11)17-2;/h5-6,8,10,12H,3-4,7,9H2,1-2H3,(H2,15,16);1H. The van der Waals surface area contributed by atoms with E-state index in [0.29, 0.717) is 6.42 Å². The lowest BCUT2D eigenvalue weighted by Gasteiger charge is -2.13. The molecule has 0 aliphatic rings. The highest BCUT2D eigenvalue weighted by Crippen LogP contribution is 2.19. The second-order valence-electron chi connectivity index (χ2n) is 4.30. The van der Waals surface area contributed by atoms with Gasteiger partial charge in [-0.1, -0.05) is 31.9 Å². The molecule has 1 aromatic rings. The van der Waals surface area contributed by atoms with Gasteiger partial charge in [0.25, 0.3) is 0 Å². The van der Waals surface area contributed by atoms with Crippen molar-refractivity contribution in [2.75, 3.05) is 7.11 Å². The van der Waals surface area contributed by atoms with Crippen molar-refractivity contribution in [2.24, 2.45) is 11.7 Å². The number of amides is 1. The lowest BCUT2D eigenvalue weighted by molar-refractivity contribution is -0.122. The Morgan fingerprint density at radius 1 is 1.44 bits per heavy atom. The number of methoxy groups -OCH3 is 1. The first-order chi connectivity index (χ1) is 8.17. The third-order valence-corrected chi connectivity index (χ3v) is 2.92. The third kappa shape index (κ3) is 5.41. The van der Waals surface area contributed by atoms with Gasteiger partial charge in [-0.05, 0) is 30.5 Å². The largest absolute Gasteiger partial charge is 0.497 e. The average molecular weight is 272 g/mol. The normalized spacial score (nSPS) is 11.4. The van der Waals surface area contributed by atoms with Crippen LogP contribution in [0.2, 0.25) is 0 Å². The molecule has 0 heterocycles. The highest BCUT2D eigenvalue weighted by molar-refractivity contribution is 5.85. The Hall–Kier alpha value is -1.22. The fraction of sp³-hybridized carbons (Fsp3) is 0.500. The zero-order chi connectivity index (χ0) is 12.7. The van der Waals surface area contributed by atoms with Crippen molar-refractivity contribution < 1.29 is 9.53 Å². The zero-order valence-electron chi connectivity index (χ0n) is 11.0. The van der Waals surface area contributed by atoms with Crippen molar-refractivity contribution in [3.63, 3.8) is 0 Å². The summed E-state index contributed by atoms with van der Waals surface area (Å²) in [4.78, 5) is 11.4. The third-order valence-electron chi connectivity index (χ3n) is 2.92. The smallest absolute Gasteiger partial charge is 0.220 e. The van der Waals surface area contributed by atoms with E-state index in [1.165, 1.54) is 0 Å². The number of benzene rings is 1. The Morgan fingerprint density at radius 3 is 2.72 bits per heavy atom. The molecule has 2 N–H and O–H groups in total. The molecule has 1 unspecified atom stereocenters. The molecule has 0 aliphatic carbocycles. The van der Waals surface area contributed by atoms with Crippen LogP contribution in [-0.4, -0.2) is 13.0 Å². The molecular weight excluding hydrogens is 250 g/mol.